The summed E-state index contributed by atoms with van der Waals surface area (Å²) in [5.41, 5.74) is 7.29. The van der Waals surface area contributed by atoms with Crippen molar-refractivity contribution in [3.05, 3.63) is 42.5 Å². The molecular weight excluding hydrogens is 243 g/mol. The molecule has 5 heteroatoms. The van der Waals surface area contributed by atoms with Gasteiger partial charge in [0.2, 0.25) is 5.95 Å². The van der Waals surface area contributed by atoms with Crippen molar-refractivity contribution in [3.8, 4) is 11.1 Å². The number of hydrogen-bond acceptors (Lipinski definition) is 4. The van der Waals surface area contributed by atoms with Crippen molar-refractivity contribution in [1.29, 1.82) is 0 Å². The van der Waals surface area contributed by atoms with Crippen molar-refractivity contribution >= 4 is 5.95 Å². The zero-order valence-corrected chi connectivity index (χ0v) is 10.8. The van der Waals surface area contributed by atoms with E-state index < -0.39 is 0 Å². The van der Waals surface area contributed by atoms with E-state index in [0.29, 0.717) is 18.4 Å². The van der Waals surface area contributed by atoms with E-state index in [9.17, 15) is 4.39 Å². The zero-order chi connectivity index (χ0) is 13.7. The van der Waals surface area contributed by atoms with Gasteiger partial charge < -0.3 is 11.1 Å². The van der Waals surface area contributed by atoms with Gasteiger partial charge >= 0.3 is 0 Å². The van der Waals surface area contributed by atoms with Gasteiger partial charge in [-0.05, 0) is 30.2 Å². The van der Waals surface area contributed by atoms with Crippen LogP contribution in [0.3, 0.4) is 0 Å². The SMILES string of the molecule is CC(CN)CNc1ncc(-c2ccc(F)cc2)cn1. The van der Waals surface area contributed by atoms with Gasteiger partial charge in [-0.2, -0.15) is 0 Å². The van der Waals surface area contributed by atoms with Crippen molar-refractivity contribution in [2.45, 2.75) is 6.92 Å². The molecule has 100 valence electrons. The number of nitrogens with one attached hydrogen (secondary N) is 1. The van der Waals surface area contributed by atoms with Gasteiger partial charge in [-0.15, -0.1) is 0 Å². The third kappa shape index (κ3) is 3.72. The topological polar surface area (TPSA) is 63.8 Å². The van der Waals surface area contributed by atoms with Crippen LogP contribution < -0.4 is 11.1 Å². The highest BCUT2D eigenvalue weighted by molar-refractivity contribution is 5.61. The average molecular weight is 260 g/mol. The summed E-state index contributed by atoms with van der Waals surface area (Å²) in [5.74, 6) is 0.699. The smallest absolute Gasteiger partial charge is 0.222 e. The maximum atomic E-state index is 12.8. The van der Waals surface area contributed by atoms with Crippen LogP contribution in [0.5, 0.6) is 0 Å². The number of rotatable bonds is 5. The minimum absolute atomic E-state index is 0.251. The number of aromatic nitrogens is 2. The quantitative estimate of drug-likeness (QED) is 0.865. The molecule has 3 N–H and O–H groups in total. The van der Waals surface area contributed by atoms with Crippen LogP contribution in [0.15, 0.2) is 36.7 Å². The molecule has 0 aliphatic heterocycles. The Morgan fingerprint density at radius 3 is 2.37 bits per heavy atom. The lowest BCUT2D eigenvalue weighted by molar-refractivity contribution is 0.625. The fourth-order valence-electron chi connectivity index (χ4n) is 1.56. The summed E-state index contributed by atoms with van der Waals surface area (Å²) in [6.07, 6.45) is 3.44. The first kappa shape index (κ1) is 13.4. The first-order valence-electron chi connectivity index (χ1n) is 6.21. The largest absolute Gasteiger partial charge is 0.354 e. The normalized spacial score (nSPS) is 12.2. The number of nitrogens with two attached hydrogens (primary N) is 1. The van der Waals surface area contributed by atoms with Gasteiger partial charge in [0.25, 0.3) is 0 Å². The Morgan fingerprint density at radius 2 is 1.79 bits per heavy atom. The monoisotopic (exact) mass is 260 g/mol. The molecular formula is C14H17FN4. The van der Waals surface area contributed by atoms with E-state index >= 15 is 0 Å². The minimum atomic E-state index is -0.251. The summed E-state index contributed by atoms with van der Waals surface area (Å²) in [6, 6.07) is 6.25. The second-order valence-corrected chi connectivity index (χ2v) is 4.52. The van der Waals surface area contributed by atoms with Crippen LogP contribution in [0.4, 0.5) is 10.3 Å². The molecule has 1 unspecified atom stereocenters. The standard InChI is InChI=1S/C14H17FN4/c1-10(6-16)7-17-14-18-8-12(9-19-14)11-2-4-13(15)5-3-11/h2-5,8-10H,6-7,16H2,1H3,(H,17,18,19). The Bertz CT molecular complexity index is 510. The second kappa shape index (κ2) is 6.24. The predicted molar refractivity (Wildman–Crippen MR) is 74.1 cm³/mol. The highest BCUT2D eigenvalue weighted by atomic mass is 19.1. The minimum Gasteiger partial charge on any atom is -0.354 e. The highest BCUT2D eigenvalue weighted by Gasteiger charge is 2.02. The Kier molecular flexibility index (Phi) is 4.41. The third-order valence-electron chi connectivity index (χ3n) is 2.84. The van der Waals surface area contributed by atoms with Crippen LogP contribution in [0.1, 0.15) is 6.92 Å². The summed E-state index contributed by atoms with van der Waals surface area (Å²) >= 11 is 0. The van der Waals surface area contributed by atoms with Crippen molar-refractivity contribution < 1.29 is 4.39 Å². The molecule has 0 aliphatic carbocycles. The number of benzene rings is 1. The van der Waals surface area contributed by atoms with Crippen molar-refractivity contribution in [1.82, 2.24) is 9.97 Å². The Morgan fingerprint density at radius 1 is 1.16 bits per heavy atom. The van der Waals surface area contributed by atoms with E-state index in [1.165, 1.54) is 12.1 Å². The molecule has 1 aromatic carbocycles. The summed E-state index contributed by atoms with van der Waals surface area (Å²) < 4.78 is 12.8. The molecule has 0 saturated carbocycles. The third-order valence-corrected chi connectivity index (χ3v) is 2.84. The molecule has 0 saturated heterocycles. The van der Waals surface area contributed by atoms with Gasteiger partial charge in [0.05, 0.1) is 0 Å². The lowest BCUT2D eigenvalue weighted by Gasteiger charge is -2.10. The van der Waals surface area contributed by atoms with Crippen molar-refractivity contribution in [2.24, 2.45) is 11.7 Å². The molecule has 0 bridgehead atoms. The van der Waals surface area contributed by atoms with Gasteiger partial charge in [-0.3, -0.25) is 0 Å². The molecule has 0 radical (unpaired) electrons. The predicted octanol–water partition coefficient (Wildman–Crippen LogP) is 2.29. The van der Waals surface area contributed by atoms with Crippen LogP contribution in [0.2, 0.25) is 0 Å². The van der Waals surface area contributed by atoms with E-state index in [1.54, 1.807) is 24.5 Å². The lowest BCUT2D eigenvalue weighted by Crippen LogP contribution is -2.20. The molecule has 19 heavy (non-hydrogen) atoms. The van der Waals surface area contributed by atoms with Crippen LogP contribution in [0.25, 0.3) is 11.1 Å². The molecule has 1 atom stereocenters. The number of nitrogens with zero attached hydrogens (tertiary/aromatic N) is 2. The average Bonchev–Trinajstić information content (AvgIpc) is 2.46. The van der Waals surface area contributed by atoms with Crippen LogP contribution in [-0.2, 0) is 0 Å². The summed E-state index contributed by atoms with van der Waals surface area (Å²) in [6.45, 7) is 3.42. The van der Waals surface area contributed by atoms with Gasteiger partial charge in [0, 0.05) is 24.5 Å². The van der Waals surface area contributed by atoms with Gasteiger partial charge in [0.15, 0.2) is 0 Å². The Labute approximate surface area is 111 Å². The second-order valence-electron chi connectivity index (χ2n) is 4.52. The zero-order valence-electron chi connectivity index (χ0n) is 10.8. The van der Waals surface area contributed by atoms with E-state index in [-0.39, 0.29) is 5.82 Å². The molecule has 0 aliphatic rings. The highest BCUT2D eigenvalue weighted by Crippen LogP contribution is 2.18. The molecule has 0 fully saturated rings. The van der Waals surface area contributed by atoms with E-state index in [2.05, 4.69) is 22.2 Å². The lowest BCUT2D eigenvalue weighted by atomic mass is 10.1. The van der Waals surface area contributed by atoms with Crippen LogP contribution in [0, 0.1) is 11.7 Å². The Hall–Kier alpha value is -2.01. The fourth-order valence-corrected chi connectivity index (χ4v) is 1.56. The molecule has 0 spiro atoms. The summed E-state index contributed by atoms with van der Waals surface area (Å²) in [5, 5.41) is 3.12. The Balaban J connectivity index is 2.04. The number of halogens is 1. The first-order valence-corrected chi connectivity index (χ1v) is 6.21. The van der Waals surface area contributed by atoms with Crippen molar-refractivity contribution in [2.75, 3.05) is 18.4 Å². The molecule has 2 rings (SSSR count). The first-order chi connectivity index (χ1) is 9.19. The van der Waals surface area contributed by atoms with Gasteiger partial charge in [0.1, 0.15) is 5.82 Å². The molecule has 4 nitrogen and oxygen atoms in total. The maximum absolute atomic E-state index is 12.8. The molecule has 1 heterocycles. The van der Waals surface area contributed by atoms with E-state index in [0.717, 1.165) is 17.7 Å². The number of anilines is 1. The fraction of sp³-hybridized carbons (Fsp3) is 0.286. The summed E-state index contributed by atoms with van der Waals surface area (Å²) in [7, 11) is 0. The number of hydrogen-bond donors (Lipinski definition) is 2. The maximum Gasteiger partial charge on any atom is 0.222 e. The van der Waals surface area contributed by atoms with Crippen molar-refractivity contribution in [3.63, 3.8) is 0 Å². The van der Waals surface area contributed by atoms with Crippen LogP contribution in [-0.4, -0.2) is 23.1 Å². The molecule has 1 aromatic heterocycles. The molecule has 2 aromatic rings. The van der Waals surface area contributed by atoms with E-state index in [1.807, 2.05) is 0 Å². The summed E-state index contributed by atoms with van der Waals surface area (Å²) in [4.78, 5) is 8.45. The van der Waals surface area contributed by atoms with Gasteiger partial charge in [-0.1, -0.05) is 19.1 Å². The molecule has 0 amide bonds. The van der Waals surface area contributed by atoms with Crippen LogP contribution >= 0.6 is 0 Å². The van der Waals surface area contributed by atoms with E-state index in [4.69, 9.17) is 5.73 Å². The van der Waals surface area contributed by atoms with Gasteiger partial charge in [-0.25, -0.2) is 14.4 Å².